The summed E-state index contributed by atoms with van der Waals surface area (Å²) < 4.78 is 24.0. The van der Waals surface area contributed by atoms with Crippen molar-refractivity contribution in [1.82, 2.24) is 10.3 Å². The Morgan fingerprint density at radius 1 is 0.955 bits per heavy atom. The maximum Gasteiger partial charge on any atom is 0.266 e. The average Bonchev–Trinajstić information content (AvgIpc) is 3.07. The van der Waals surface area contributed by atoms with Crippen molar-refractivity contribution in [3.63, 3.8) is 0 Å². The van der Waals surface area contributed by atoms with E-state index in [1.807, 2.05) is 30.3 Å². The zero-order chi connectivity index (χ0) is 15.6. The number of thiophene rings is 1. The van der Waals surface area contributed by atoms with E-state index in [9.17, 15) is 13.2 Å². The minimum absolute atomic E-state index is 0.145. The molecule has 5 nitrogen and oxygen atoms in total. The molecule has 0 atom stereocenters. The number of hydrogen-bond acceptors (Lipinski definition) is 4. The lowest BCUT2D eigenvalue weighted by atomic mass is 10.1. The number of carbonyl (C=O) groups excluding carboxylic acids is 1. The highest BCUT2D eigenvalue weighted by molar-refractivity contribution is 7.91. The molecule has 0 saturated carbocycles. The number of fused-ring (bicyclic) bond motifs is 1. The van der Waals surface area contributed by atoms with Crippen molar-refractivity contribution in [2.45, 2.75) is 4.21 Å². The summed E-state index contributed by atoms with van der Waals surface area (Å²) in [5.74, 6) is -0.508. The predicted molar refractivity (Wildman–Crippen MR) is 86.1 cm³/mol. The number of rotatable bonds is 4. The first-order chi connectivity index (χ1) is 10.6. The Kier molecular flexibility index (Phi) is 3.93. The van der Waals surface area contributed by atoms with E-state index in [-0.39, 0.29) is 4.21 Å². The Balaban J connectivity index is 1.76. The lowest BCUT2D eigenvalue weighted by Gasteiger charge is -2.07. The Hall–Kier alpha value is -2.22. The van der Waals surface area contributed by atoms with E-state index in [1.165, 1.54) is 6.07 Å². The molecule has 0 aliphatic heterocycles. The van der Waals surface area contributed by atoms with Crippen molar-refractivity contribution in [1.29, 1.82) is 0 Å². The van der Waals surface area contributed by atoms with Crippen LogP contribution in [0.1, 0.15) is 10.4 Å². The van der Waals surface area contributed by atoms with Gasteiger partial charge in [-0.3, -0.25) is 10.2 Å². The van der Waals surface area contributed by atoms with Gasteiger partial charge in [-0.15, -0.1) is 16.2 Å². The second-order valence-electron chi connectivity index (χ2n) is 4.55. The van der Waals surface area contributed by atoms with Gasteiger partial charge in [0.2, 0.25) is 0 Å². The molecule has 0 spiro atoms. The highest BCUT2D eigenvalue weighted by Crippen LogP contribution is 2.16. The molecule has 3 aromatic rings. The van der Waals surface area contributed by atoms with Gasteiger partial charge < -0.3 is 0 Å². The summed E-state index contributed by atoms with van der Waals surface area (Å²) in [6.45, 7) is 0. The number of hydrogen-bond donors (Lipinski definition) is 2. The van der Waals surface area contributed by atoms with Crippen LogP contribution in [0, 0.1) is 0 Å². The van der Waals surface area contributed by atoms with Crippen LogP contribution in [0.25, 0.3) is 10.8 Å². The molecule has 0 saturated heterocycles. The molecule has 112 valence electrons. The number of benzene rings is 2. The van der Waals surface area contributed by atoms with Gasteiger partial charge in [0.25, 0.3) is 15.9 Å². The topological polar surface area (TPSA) is 75.3 Å². The van der Waals surface area contributed by atoms with Gasteiger partial charge in [0.15, 0.2) is 0 Å². The molecule has 22 heavy (non-hydrogen) atoms. The zero-order valence-electron chi connectivity index (χ0n) is 11.3. The normalized spacial score (nSPS) is 11.5. The molecule has 1 heterocycles. The summed E-state index contributed by atoms with van der Waals surface area (Å²) in [4.78, 5) is 14.2. The molecule has 0 radical (unpaired) electrons. The SMILES string of the molecule is O=C(NNS(=O)(=O)c1cccs1)c1ccc2ccccc2c1. The third kappa shape index (κ3) is 3.01. The first-order valence-corrected chi connectivity index (χ1v) is 8.77. The fourth-order valence-corrected chi connectivity index (χ4v) is 3.82. The Bertz CT molecular complexity index is 919. The third-order valence-corrected chi connectivity index (χ3v) is 5.72. The maximum atomic E-state index is 12.1. The van der Waals surface area contributed by atoms with Gasteiger partial charge in [0.1, 0.15) is 4.21 Å². The van der Waals surface area contributed by atoms with Crippen molar-refractivity contribution >= 4 is 38.0 Å². The van der Waals surface area contributed by atoms with E-state index in [4.69, 9.17) is 0 Å². The van der Waals surface area contributed by atoms with E-state index in [0.717, 1.165) is 22.1 Å². The van der Waals surface area contributed by atoms with Crippen LogP contribution in [-0.4, -0.2) is 14.3 Å². The molecule has 0 aliphatic carbocycles. The fourth-order valence-electron chi connectivity index (χ4n) is 1.98. The Labute approximate surface area is 131 Å². The van der Waals surface area contributed by atoms with Crippen molar-refractivity contribution in [2.24, 2.45) is 0 Å². The Morgan fingerprint density at radius 3 is 2.45 bits per heavy atom. The lowest BCUT2D eigenvalue weighted by Crippen LogP contribution is -2.41. The average molecular weight is 332 g/mol. The van der Waals surface area contributed by atoms with Gasteiger partial charge in [-0.2, -0.15) is 0 Å². The summed E-state index contributed by atoms with van der Waals surface area (Å²) in [5.41, 5.74) is 2.60. The maximum absolute atomic E-state index is 12.1. The van der Waals surface area contributed by atoms with Crippen LogP contribution in [0.4, 0.5) is 0 Å². The summed E-state index contributed by atoms with van der Waals surface area (Å²) in [7, 11) is -3.73. The van der Waals surface area contributed by atoms with Gasteiger partial charge >= 0.3 is 0 Å². The first kappa shape index (κ1) is 14.7. The van der Waals surface area contributed by atoms with E-state index < -0.39 is 15.9 Å². The van der Waals surface area contributed by atoms with Crippen molar-refractivity contribution < 1.29 is 13.2 Å². The molecular formula is C15H12N2O3S2. The van der Waals surface area contributed by atoms with Gasteiger partial charge in [0, 0.05) is 5.56 Å². The number of nitrogens with one attached hydrogen (secondary N) is 2. The van der Waals surface area contributed by atoms with Crippen molar-refractivity contribution in [2.75, 3.05) is 0 Å². The van der Waals surface area contributed by atoms with E-state index in [1.54, 1.807) is 23.6 Å². The minimum Gasteiger partial charge on any atom is -0.273 e. The molecule has 2 N–H and O–H groups in total. The molecule has 0 fully saturated rings. The van der Waals surface area contributed by atoms with E-state index in [2.05, 4.69) is 10.3 Å². The van der Waals surface area contributed by atoms with Crippen molar-refractivity contribution in [3.8, 4) is 0 Å². The molecular weight excluding hydrogens is 320 g/mol. The van der Waals surface area contributed by atoms with Crippen LogP contribution < -0.4 is 10.3 Å². The molecule has 0 unspecified atom stereocenters. The number of sulfonamides is 1. The lowest BCUT2D eigenvalue weighted by molar-refractivity contribution is 0.0945. The van der Waals surface area contributed by atoms with Crippen molar-refractivity contribution in [3.05, 3.63) is 65.5 Å². The van der Waals surface area contributed by atoms with Crippen LogP contribution in [-0.2, 0) is 10.0 Å². The highest BCUT2D eigenvalue weighted by atomic mass is 32.2. The number of hydrazine groups is 1. The summed E-state index contributed by atoms with van der Waals surface area (Å²) >= 11 is 1.08. The molecule has 1 aromatic heterocycles. The second-order valence-corrected chi connectivity index (χ2v) is 7.41. The van der Waals surface area contributed by atoms with E-state index >= 15 is 0 Å². The van der Waals surface area contributed by atoms with Crippen LogP contribution in [0.15, 0.2) is 64.2 Å². The summed E-state index contributed by atoms with van der Waals surface area (Å²) in [6, 6.07) is 15.9. The Morgan fingerprint density at radius 2 is 1.73 bits per heavy atom. The van der Waals surface area contributed by atoms with Gasteiger partial charge in [0.05, 0.1) is 0 Å². The molecule has 2 aromatic carbocycles. The van der Waals surface area contributed by atoms with Crippen LogP contribution in [0.5, 0.6) is 0 Å². The summed E-state index contributed by atoms with van der Waals surface area (Å²) in [6.07, 6.45) is 0. The second kappa shape index (κ2) is 5.88. The van der Waals surface area contributed by atoms with Crippen LogP contribution >= 0.6 is 11.3 Å². The first-order valence-electron chi connectivity index (χ1n) is 6.41. The summed E-state index contributed by atoms with van der Waals surface area (Å²) in [5, 5.41) is 3.58. The largest absolute Gasteiger partial charge is 0.273 e. The molecule has 7 heteroatoms. The van der Waals surface area contributed by atoms with Crippen LogP contribution in [0.3, 0.4) is 0 Å². The quantitative estimate of drug-likeness (QED) is 0.721. The number of amides is 1. The van der Waals surface area contributed by atoms with Crippen LogP contribution in [0.2, 0.25) is 0 Å². The van der Waals surface area contributed by atoms with Gasteiger partial charge in [-0.1, -0.05) is 36.4 Å². The third-order valence-electron chi connectivity index (χ3n) is 3.07. The molecule has 3 rings (SSSR count). The van der Waals surface area contributed by atoms with Gasteiger partial charge in [-0.05, 0) is 34.4 Å². The van der Waals surface area contributed by atoms with E-state index in [0.29, 0.717) is 5.56 Å². The number of carbonyl (C=O) groups is 1. The molecule has 1 amide bonds. The fraction of sp³-hybridized carbons (Fsp3) is 0. The highest BCUT2D eigenvalue weighted by Gasteiger charge is 2.16. The standard InChI is InChI=1S/C15H12N2O3S2/c18-15(16-17-22(19,20)14-6-3-9-21-14)13-8-7-11-4-1-2-5-12(11)10-13/h1-10,17H,(H,16,18). The monoisotopic (exact) mass is 332 g/mol. The minimum atomic E-state index is -3.73. The van der Waals surface area contributed by atoms with Gasteiger partial charge in [-0.25, -0.2) is 8.42 Å². The smallest absolute Gasteiger partial charge is 0.266 e. The molecule has 0 aliphatic rings. The predicted octanol–water partition coefficient (Wildman–Crippen LogP) is 2.52. The molecule has 0 bridgehead atoms. The zero-order valence-corrected chi connectivity index (χ0v) is 12.9.